The van der Waals surface area contributed by atoms with E-state index in [0.717, 1.165) is 0 Å². The third-order valence-corrected chi connectivity index (χ3v) is 0. The van der Waals surface area contributed by atoms with Gasteiger partial charge in [-0.25, -0.2) is 4.57 Å². The first-order valence-corrected chi connectivity index (χ1v) is 3.85. The van der Waals surface area contributed by atoms with Crippen LogP contribution in [0.5, 0.6) is 0 Å². The maximum atomic E-state index is 8.88. The summed E-state index contributed by atoms with van der Waals surface area (Å²) in [6.07, 6.45) is 0. The van der Waals surface area contributed by atoms with Gasteiger partial charge in [0.05, 0.1) is 0 Å². The van der Waals surface area contributed by atoms with Crippen molar-refractivity contribution in [3.63, 3.8) is 0 Å². The second-order valence-electron chi connectivity index (χ2n) is 0.513. The molecule has 0 radical (unpaired) electrons. The van der Waals surface area contributed by atoms with Crippen LogP contribution in [0.25, 0.3) is 0 Å². The molecule has 0 fully saturated rings. The van der Waals surface area contributed by atoms with Gasteiger partial charge in [-0.1, -0.05) is 0 Å². The summed E-state index contributed by atoms with van der Waals surface area (Å²) in [6.45, 7) is 0. The average molecular weight is 243 g/mol. The maximum absolute atomic E-state index is 8.88. The van der Waals surface area contributed by atoms with Gasteiger partial charge in [0.25, 0.3) is 0 Å². The molecule has 0 amide bonds. The first-order chi connectivity index (χ1) is 3.00. The fraction of sp³-hybridized carbons (Fsp3) is 0. The zero-order valence-electron chi connectivity index (χ0n) is 5.67. The molecule has 0 aromatic heterocycles. The summed E-state index contributed by atoms with van der Waals surface area (Å²) in [5.74, 6) is 0. The first kappa shape index (κ1) is 22.4. The first-order valence-electron chi connectivity index (χ1n) is 1.07. The fourth-order valence-corrected chi connectivity index (χ4v) is 0. The van der Waals surface area contributed by atoms with Crippen molar-refractivity contribution in [2.24, 2.45) is 0 Å². The molecule has 0 aliphatic heterocycles. The molecule has 0 aliphatic carbocycles. The van der Waals surface area contributed by atoms with Gasteiger partial charge in [0.2, 0.25) is 0 Å². The second kappa shape index (κ2) is 12.3. The van der Waals surface area contributed by atoms with Crippen molar-refractivity contribution in [2.75, 3.05) is 0 Å². The molecule has 3 N–H and O–H groups in total. The Labute approximate surface area is 85.9 Å². The van der Waals surface area contributed by atoms with Gasteiger partial charge in [0.15, 0.2) is 0 Å². The van der Waals surface area contributed by atoms with Crippen LogP contribution < -0.4 is 18.9 Å². The Morgan fingerprint density at radius 3 is 1.22 bits per heavy atom. The minimum atomic E-state index is -4.64. The van der Waals surface area contributed by atoms with Gasteiger partial charge in [-0.2, -0.15) is 0 Å². The van der Waals surface area contributed by atoms with Gasteiger partial charge < -0.3 is 16.1 Å². The zero-order valence-corrected chi connectivity index (χ0v) is 9.63. The van der Waals surface area contributed by atoms with E-state index in [2.05, 4.69) is 0 Å². The standard InChI is InChI=1S/Fe.Li.H3O4P.O.Zn.H/c;;1-5(2,3)4;;;/h;;(H3,1,2,3,4);;;/q;+1;;;;-1. The van der Waals surface area contributed by atoms with Crippen LogP contribution in [0, 0.1) is 0 Å². The summed E-state index contributed by atoms with van der Waals surface area (Å²) < 4.78 is 17.3. The third kappa shape index (κ3) is 207. The van der Waals surface area contributed by atoms with Crippen LogP contribution in [0.15, 0.2) is 0 Å². The molecule has 0 unspecified atom stereocenters. The molecule has 0 aromatic carbocycles. The topological polar surface area (TPSA) is 94.8 Å². The van der Waals surface area contributed by atoms with Crippen molar-refractivity contribution < 1.29 is 78.4 Å². The molecule has 0 heterocycles. The van der Waals surface area contributed by atoms with E-state index in [4.69, 9.17) is 22.8 Å². The number of hydrogen-bond donors (Lipinski definition) is 3. The Balaban J connectivity index is -0.0000000154. The van der Waals surface area contributed by atoms with Crippen molar-refractivity contribution in [1.82, 2.24) is 0 Å². The van der Waals surface area contributed by atoms with E-state index in [-0.39, 0.29) is 55.6 Å². The molecule has 0 rings (SSSR count). The molecule has 9 heteroatoms. The van der Waals surface area contributed by atoms with Crippen molar-refractivity contribution in [2.45, 2.75) is 0 Å². The van der Waals surface area contributed by atoms with E-state index >= 15 is 0 Å². The van der Waals surface area contributed by atoms with Crippen LogP contribution in [0.2, 0.25) is 0 Å². The third-order valence-electron chi connectivity index (χ3n) is 0. The van der Waals surface area contributed by atoms with Gasteiger partial charge in [-0.3, -0.25) is 0 Å². The van der Waals surface area contributed by atoms with Crippen LogP contribution in [0.4, 0.5) is 0 Å². The molecule has 0 bridgehead atoms. The molecular weight excluding hydrogens is 239 g/mol. The van der Waals surface area contributed by atoms with Gasteiger partial charge in [0, 0.05) is 17.1 Å². The van der Waals surface area contributed by atoms with Crippen molar-refractivity contribution in [1.29, 1.82) is 0 Å². The second-order valence-corrected chi connectivity index (χ2v) is 1.54. The Kier molecular flexibility index (Phi) is 30.7. The molecule has 0 aliphatic rings. The Hall–Kier alpha value is 1.65. The molecule has 0 atom stereocenters. The average Bonchev–Trinajstić information content (AvgIpc) is 1.36. The fourth-order valence-electron chi connectivity index (χ4n) is 0. The summed E-state index contributed by atoms with van der Waals surface area (Å²) in [5.41, 5.74) is 0. The van der Waals surface area contributed by atoms with Gasteiger partial charge in [0.1, 0.15) is 0 Å². The van der Waals surface area contributed by atoms with Crippen LogP contribution in [0.3, 0.4) is 0 Å². The summed E-state index contributed by atoms with van der Waals surface area (Å²) >= 11 is 0.125. The minimum absolute atomic E-state index is 0. The number of hydrogen-bond acceptors (Lipinski definition) is 2. The van der Waals surface area contributed by atoms with E-state index in [0.29, 0.717) is 0 Å². The summed E-state index contributed by atoms with van der Waals surface area (Å²) in [5, 5.41) is 0. The van der Waals surface area contributed by atoms with E-state index < -0.39 is 7.82 Å². The Morgan fingerprint density at radius 2 is 1.22 bits per heavy atom. The summed E-state index contributed by atoms with van der Waals surface area (Å²) in [4.78, 5) is 21.6. The monoisotopic (exact) mass is 242 g/mol. The molecule has 9 heavy (non-hydrogen) atoms. The van der Waals surface area contributed by atoms with Gasteiger partial charge in [-0.15, -0.1) is 0 Å². The number of rotatable bonds is 0. The van der Waals surface area contributed by atoms with Crippen molar-refractivity contribution >= 4 is 7.82 Å². The summed E-state index contributed by atoms with van der Waals surface area (Å²) in [6, 6.07) is 0. The Bertz CT molecular complexity index is 77.5. The van der Waals surface area contributed by atoms with Gasteiger partial charge in [-0.05, 0) is 0 Å². The van der Waals surface area contributed by atoms with Crippen molar-refractivity contribution in [3.8, 4) is 0 Å². The normalized spacial score (nSPS) is 7.22. The van der Waals surface area contributed by atoms with Crippen molar-refractivity contribution in [3.05, 3.63) is 0 Å². The van der Waals surface area contributed by atoms with Crippen LogP contribution in [-0.2, 0) is 43.5 Å². The van der Waals surface area contributed by atoms with Crippen LogP contribution in [0.1, 0.15) is 1.43 Å². The Morgan fingerprint density at radius 1 is 1.22 bits per heavy atom. The van der Waals surface area contributed by atoms with Gasteiger partial charge >= 0.3 is 48.5 Å². The molecule has 0 aromatic rings. The molecular formula is H4FeLiO5PZn. The predicted octanol–water partition coefficient (Wildman–Crippen LogP) is -3.94. The molecule has 5 nitrogen and oxygen atoms in total. The molecule has 0 spiro atoms. The predicted molar refractivity (Wildman–Crippen MR) is 16.1 cm³/mol. The van der Waals surface area contributed by atoms with Crippen LogP contribution >= 0.6 is 7.82 Å². The van der Waals surface area contributed by atoms with Crippen LogP contribution in [-0.4, -0.2) is 14.7 Å². The zero-order chi connectivity index (χ0) is 6.50. The molecule has 0 saturated heterocycles. The quantitative estimate of drug-likeness (QED) is 0.298. The van der Waals surface area contributed by atoms with E-state index in [9.17, 15) is 0 Å². The van der Waals surface area contributed by atoms with E-state index in [1.165, 1.54) is 0 Å². The molecule has 0 saturated carbocycles. The SMILES string of the molecule is O=P(O)(O)O.[Fe].[H-].[Li+].[O]=[Zn]. The summed E-state index contributed by atoms with van der Waals surface area (Å²) in [7, 11) is -4.64. The molecule has 50 valence electrons. The number of phosphoric acid groups is 1. The van der Waals surface area contributed by atoms with E-state index in [1.54, 1.807) is 0 Å². The van der Waals surface area contributed by atoms with E-state index in [1.807, 2.05) is 0 Å².